The fraction of sp³-hybridized carbons (Fsp3) is 0.208. The molecule has 4 rings (SSSR count). The summed E-state index contributed by atoms with van der Waals surface area (Å²) in [6.07, 6.45) is 3.70. The fourth-order valence-corrected chi connectivity index (χ4v) is 3.26. The summed E-state index contributed by atoms with van der Waals surface area (Å²) in [6, 6.07) is 15.5. The SMILES string of the molecule is Cc1ccc(C(=O)Nc2cc(C(C)(C)C)on2)cc1-c1cncc2ccccc12. The van der Waals surface area contributed by atoms with E-state index in [-0.39, 0.29) is 11.3 Å². The topological polar surface area (TPSA) is 68.0 Å². The Hall–Kier alpha value is -3.47. The summed E-state index contributed by atoms with van der Waals surface area (Å²) in [5.41, 5.74) is 3.45. The van der Waals surface area contributed by atoms with E-state index in [2.05, 4.69) is 21.5 Å². The fourth-order valence-electron chi connectivity index (χ4n) is 3.26. The van der Waals surface area contributed by atoms with Crippen LogP contribution in [-0.4, -0.2) is 16.0 Å². The maximum absolute atomic E-state index is 12.8. The Bertz CT molecular complexity index is 1200. The Labute approximate surface area is 169 Å². The summed E-state index contributed by atoms with van der Waals surface area (Å²) in [4.78, 5) is 17.2. The first-order valence-electron chi connectivity index (χ1n) is 9.55. The molecule has 0 bridgehead atoms. The van der Waals surface area contributed by atoms with Gasteiger partial charge in [0.05, 0.1) is 0 Å². The normalized spacial score (nSPS) is 11.6. The lowest BCUT2D eigenvalue weighted by Crippen LogP contribution is -2.13. The van der Waals surface area contributed by atoms with E-state index in [0.29, 0.717) is 11.4 Å². The second-order valence-corrected chi connectivity index (χ2v) is 8.22. The van der Waals surface area contributed by atoms with E-state index >= 15 is 0 Å². The number of aryl methyl sites for hydroxylation is 1. The van der Waals surface area contributed by atoms with E-state index in [0.717, 1.165) is 33.2 Å². The van der Waals surface area contributed by atoms with Gasteiger partial charge in [0, 0.05) is 40.4 Å². The molecule has 0 spiro atoms. The molecule has 5 heteroatoms. The number of rotatable bonds is 3. The lowest BCUT2D eigenvalue weighted by Gasteiger charge is -2.12. The van der Waals surface area contributed by atoms with Gasteiger partial charge in [-0.05, 0) is 35.6 Å². The first-order chi connectivity index (χ1) is 13.8. The van der Waals surface area contributed by atoms with Gasteiger partial charge in [-0.1, -0.05) is 56.3 Å². The van der Waals surface area contributed by atoms with Crippen molar-refractivity contribution in [3.05, 3.63) is 77.8 Å². The van der Waals surface area contributed by atoms with Crippen LogP contribution in [0, 0.1) is 6.92 Å². The molecule has 0 saturated heterocycles. The van der Waals surface area contributed by atoms with Gasteiger partial charge in [0.1, 0.15) is 5.76 Å². The summed E-state index contributed by atoms with van der Waals surface area (Å²) >= 11 is 0. The van der Waals surface area contributed by atoms with Crippen LogP contribution in [0.4, 0.5) is 5.82 Å². The summed E-state index contributed by atoms with van der Waals surface area (Å²) in [5, 5.41) is 8.97. The monoisotopic (exact) mass is 385 g/mol. The third kappa shape index (κ3) is 3.76. The first-order valence-corrected chi connectivity index (χ1v) is 9.55. The molecular weight excluding hydrogens is 362 g/mol. The number of fused-ring (bicyclic) bond motifs is 1. The van der Waals surface area contributed by atoms with Crippen LogP contribution in [0.2, 0.25) is 0 Å². The molecule has 0 fully saturated rings. The number of carbonyl (C=O) groups is 1. The van der Waals surface area contributed by atoms with Gasteiger partial charge in [-0.2, -0.15) is 0 Å². The molecule has 0 aliphatic heterocycles. The number of hydrogen-bond acceptors (Lipinski definition) is 4. The maximum Gasteiger partial charge on any atom is 0.256 e. The number of carbonyl (C=O) groups excluding carboxylic acids is 1. The van der Waals surface area contributed by atoms with Crippen molar-refractivity contribution in [2.24, 2.45) is 0 Å². The highest BCUT2D eigenvalue weighted by molar-refractivity contribution is 6.05. The van der Waals surface area contributed by atoms with Crippen LogP contribution in [0.1, 0.15) is 42.5 Å². The van der Waals surface area contributed by atoms with Crippen LogP contribution >= 0.6 is 0 Å². The van der Waals surface area contributed by atoms with Crippen LogP contribution in [0.5, 0.6) is 0 Å². The van der Waals surface area contributed by atoms with Crippen LogP contribution < -0.4 is 5.32 Å². The minimum atomic E-state index is -0.229. The first kappa shape index (κ1) is 18.9. The van der Waals surface area contributed by atoms with E-state index < -0.39 is 0 Å². The summed E-state index contributed by atoms with van der Waals surface area (Å²) < 4.78 is 5.35. The lowest BCUT2D eigenvalue weighted by atomic mass is 9.93. The molecule has 0 unspecified atom stereocenters. The maximum atomic E-state index is 12.8. The zero-order valence-electron chi connectivity index (χ0n) is 17.0. The van der Waals surface area contributed by atoms with Crippen molar-refractivity contribution in [3.63, 3.8) is 0 Å². The minimum Gasteiger partial charge on any atom is -0.359 e. The van der Waals surface area contributed by atoms with Gasteiger partial charge in [-0.3, -0.25) is 9.78 Å². The number of pyridine rings is 1. The Balaban J connectivity index is 1.68. The third-order valence-corrected chi connectivity index (χ3v) is 4.95. The number of hydrogen-bond donors (Lipinski definition) is 1. The van der Waals surface area contributed by atoms with Gasteiger partial charge < -0.3 is 9.84 Å². The number of nitrogens with zero attached hydrogens (tertiary/aromatic N) is 2. The van der Waals surface area contributed by atoms with Gasteiger partial charge in [0.25, 0.3) is 5.91 Å². The van der Waals surface area contributed by atoms with Crippen molar-refractivity contribution in [1.29, 1.82) is 0 Å². The van der Waals surface area contributed by atoms with Crippen LogP contribution in [0.25, 0.3) is 21.9 Å². The smallest absolute Gasteiger partial charge is 0.256 e. The lowest BCUT2D eigenvalue weighted by molar-refractivity contribution is 0.102. The number of amides is 1. The number of anilines is 1. The van der Waals surface area contributed by atoms with Crippen LogP contribution in [0.15, 0.2) is 65.4 Å². The molecule has 2 heterocycles. The largest absolute Gasteiger partial charge is 0.359 e. The van der Waals surface area contributed by atoms with Crippen LogP contribution in [0.3, 0.4) is 0 Å². The Morgan fingerprint density at radius 3 is 2.55 bits per heavy atom. The molecular formula is C24H23N3O2. The molecule has 29 heavy (non-hydrogen) atoms. The standard InChI is InChI=1S/C24H23N3O2/c1-15-9-10-16(23(28)26-22-12-21(29-27-22)24(2,3)4)11-19(15)20-14-25-13-17-7-5-6-8-18(17)20/h5-14H,1-4H3,(H,26,27,28). The summed E-state index contributed by atoms with van der Waals surface area (Å²) in [6.45, 7) is 8.13. The Morgan fingerprint density at radius 1 is 1.00 bits per heavy atom. The predicted octanol–water partition coefficient (Wildman–Crippen LogP) is 5.75. The molecule has 5 nitrogen and oxygen atoms in total. The molecule has 146 valence electrons. The van der Waals surface area contributed by atoms with Crippen molar-refractivity contribution < 1.29 is 9.32 Å². The minimum absolute atomic E-state index is 0.172. The zero-order valence-corrected chi connectivity index (χ0v) is 17.0. The molecule has 4 aromatic rings. The van der Waals surface area contributed by atoms with Crippen molar-refractivity contribution in [1.82, 2.24) is 10.1 Å². The number of benzene rings is 2. The zero-order chi connectivity index (χ0) is 20.6. The van der Waals surface area contributed by atoms with Gasteiger partial charge >= 0.3 is 0 Å². The van der Waals surface area contributed by atoms with Gasteiger partial charge in [0.2, 0.25) is 0 Å². The number of aromatic nitrogens is 2. The van der Waals surface area contributed by atoms with Crippen molar-refractivity contribution in [2.45, 2.75) is 33.1 Å². The molecule has 1 N–H and O–H groups in total. The van der Waals surface area contributed by atoms with E-state index in [1.54, 1.807) is 6.07 Å². The molecule has 0 radical (unpaired) electrons. The molecule has 0 aliphatic rings. The molecule has 0 atom stereocenters. The van der Waals surface area contributed by atoms with Gasteiger partial charge in [-0.15, -0.1) is 0 Å². The van der Waals surface area contributed by atoms with E-state index in [4.69, 9.17) is 4.52 Å². The Kier molecular flexibility index (Phi) is 4.66. The summed E-state index contributed by atoms with van der Waals surface area (Å²) in [7, 11) is 0. The van der Waals surface area contributed by atoms with E-state index in [9.17, 15) is 4.79 Å². The molecule has 2 aromatic carbocycles. The highest BCUT2D eigenvalue weighted by Gasteiger charge is 2.21. The third-order valence-electron chi connectivity index (χ3n) is 4.95. The van der Waals surface area contributed by atoms with Gasteiger partial charge in [-0.25, -0.2) is 0 Å². The van der Waals surface area contributed by atoms with Crippen molar-refractivity contribution in [2.75, 3.05) is 5.32 Å². The average molecular weight is 385 g/mol. The summed E-state index contributed by atoms with van der Waals surface area (Å²) in [5.74, 6) is 0.904. The predicted molar refractivity (Wildman–Crippen MR) is 115 cm³/mol. The Morgan fingerprint density at radius 2 is 1.79 bits per heavy atom. The molecule has 2 aromatic heterocycles. The quantitative estimate of drug-likeness (QED) is 0.488. The highest BCUT2D eigenvalue weighted by atomic mass is 16.5. The molecule has 0 aliphatic carbocycles. The van der Waals surface area contributed by atoms with E-state index in [1.165, 1.54) is 0 Å². The average Bonchev–Trinajstić information content (AvgIpc) is 3.17. The molecule has 1 amide bonds. The molecule has 0 saturated carbocycles. The van der Waals surface area contributed by atoms with Crippen molar-refractivity contribution in [3.8, 4) is 11.1 Å². The van der Waals surface area contributed by atoms with Crippen LogP contribution in [-0.2, 0) is 5.41 Å². The van der Waals surface area contributed by atoms with Gasteiger partial charge in [0.15, 0.2) is 5.82 Å². The van der Waals surface area contributed by atoms with E-state index in [1.807, 2.05) is 76.5 Å². The number of nitrogens with one attached hydrogen (secondary N) is 1. The second-order valence-electron chi connectivity index (χ2n) is 8.22. The second kappa shape index (κ2) is 7.17. The highest BCUT2D eigenvalue weighted by Crippen LogP contribution is 2.31. The van der Waals surface area contributed by atoms with Crippen molar-refractivity contribution >= 4 is 22.5 Å².